The number of Topliss-reactive ketones (excluding diaryl/α,β-unsaturated/α-hetero) is 1. The third kappa shape index (κ3) is 3.57. The first kappa shape index (κ1) is 20.6. The van der Waals surface area contributed by atoms with Crippen molar-refractivity contribution in [1.29, 1.82) is 0 Å². The number of likely N-dealkylation sites (N-methyl/N-ethyl adjacent to an activating group) is 1. The number of anilines is 1. The first-order valence-electron chi connectivity index (χ1n) is 8.28. The highest BCUT2D eigenvalue weighted by molar-refractivity contribution is 8.00. The van der Waals surface area contributed by atoms with Crippen LogP contribution in [0.4, 0.5) is 18.9 Å². The van der Waals surface area contributed by atoms with E-state index in [0.29, 0.717) is 17.0 Å². The van der Waals surface area contributed by atoms with E-state index in [1.807, 2.05) is 6.92 Å². The zero-order valence-corrected chi connectivity index (χ0v) is 16.1. The van der Waals surface area contributed by atoms with Crippen LogP contribution in [0, 0.1) is 0 Å². The van der Waals surface area contributed by atoms with Gasteiger partial charge in [0.25, 0.3) is 5.78 Å². The molecular formula is C18H23F3N2O2S. The SMILES string of the molecule is CCCCSC1(N(C)C)C(C(=O)C(F)(F)F)=C(OC)Nc2ccccc21. The predicted octanol–water partition coefficient (Wildman–Crippen LogP) is 4.35. The van der Waals surface area contributed by atoms with Crippen LogP contribution in [0.5, 0.6) is 0 Å². The van der Waals surface area contributed by atoms with Gasteiger partial charge in [0, 0.05) is 11.3 Å². The molecule has 1 N–H and O–H groups in total. The number of nitrogens with one attached hydrogen (secondary N) is 1. The van der Waals surface area contributed by atoms with Crippen molar-refractivity contribution in [2.75, 3.05) is 32.3 Å². The minimum Gasteiger partial charge on any atom is -0.482 e. The Kier molecular flexibility index (Phi) is 6.29. The van der Waals surface area contributed by atoms with E-state index in [9.17, 15) is 18.0 Å². The van der Waals surface area contributed by atoms with Crippen molar-refractivity contribution < 1.29 is 22.7 Å². The molecule has 1 aromatic carbocycles. The number of ketones is 1. The number of benzene rings is 1. The van der Waals surface area contributed by atoms with Crippen LogP contribution >= 0.6 is 11.8 Å². The molecule has 1 aromatic rings. The van der Waals surface area contributed by atoms with Gasteiger partial charge >= 0.3 is 6.18 Å². The maximum Gasteiger partial charge on any atom is 0.454 e. The topological polar surface area (TPSA) is 41.6 Å². The van der Waals surface area contributed by atoms with Gasteiger partial charge in [-0.15, -0.1) is 11.8 Å². The van der Waals surface area contributed by atoms with Crippen LogP contribution in [-0.2, 0) is 14.4 Å². The molecule has 26 heavy (non-hydrogen) atoms. The highest BCUT2D eigenvalue weighted by Crippen LogP contribution is 2.53. The number of fused-ring (bicyclic) bond motifs is 1. The molecule has 0 amide bonds. The van der Waals surface area contributed by atoms with Gasteiger partial charge < -0.3 is 10.1 Å². The summed E-state index contributed by atoms with van der Waals surface area (Å²) in [7, 11) is 4.62. The summed E-state index contributed by atoms with van der Waals surface area (Å²) in [6.07, 6.45) is -3.27. The lowest BCUT2D eigenvalue weighted by atomic mass is 9.89. The fraction of sp³-hybridized carbons (Fsp3) is 0.500. The van der Waals surface area contributed by atoms with Gasteiger partial charge in [-0.25, -0.2) is 0 Å². The van der Waals surface area contributed by atoms with Crippen LogP contribution in [0.3, 0.4) is 0 Å². The Morgan fingerprint density at radius 3 is 2.50 bits per heavy atom. The number of para-hydroxylation sites is 1. The molecule has 4 nitrogen and oxygen atoms in total. The Labute approximate surface area is 155 Å². The van der Waals surface area contributed by atoms with E-state index in [2.05, 4.69) is 5.32 Å². The van der Waals surface area contributed by atoms with Gasteiger partial charge in [-0.05, 0) is 32.3 Å². The molecule has 0 radical (unpaired) electrons. The maximum absolute atomic E-state index is 13.4. The number of halogens is 3. The normalized spacial score (nSPS) is 20.0. The lowest BCUT2D eigenvalue weighted by molar-refractivity contribution is -0.167. The summed E-state index contributed by atoms with van der Waals surface area (Å²) in [5.41, 5.74) is 0.817. The molecule has 2 rings (SSSR count). The van der Waals surface area contributed by atoms with E-state index in [1.165, 1.54) is 18.9 Å². The molecule has 0 saturated heterocycles. The summed E-state index contributed by atoms with van der Waals surface area (Å²) in [6.45, 7) is 2.01. The Morgan fingerprint density at radius 1 is 1.31 bits per heavy atom. The van der Waals surface area contributed by atoms with E-state index in [0.717, 1.165) is 12.8 Å². The molecule has 1 aliphatic rings. The van der Waals surface area contributed by atoms with Crippen molar-refractivity contribution >= 4 is 23.2 Å². The number of nitrogens with zero attached hydrogens (tertiary/aromatic N) is 1. The second kappa shape index (κ2) is 7.92. The molecule has 0 aromatic heterocycles. The predicted molar refractivity (Wildman–Crippen MR) is 97.9 cm³/mol. The number of hydrogen-bond donors (Lipinski definition) is 1. The molecule has 0 aliphatic carbocycles. The fourth-order valence-corrected chi connectivity index (χ4v) is 4.67. The van der Waals surface area contributed by atoms with Crippen LogP contribution in [-0.4, -0.2) is 43.8 Å². The largest absolute Gasteiger partial charge is 0.482 e. The molecule has 0 bridgehead atoms. The zero-order chi connectivity index (χ0) is 19.5. The maximum atomic E-state index is 13.4. The van der Waals surface area contributed by atoms with Crippen molar-refractivity contribution in [3.8, 4) is 0 Å². The van der Waals surface area contributed by atoms with Crippen molar-refractivity contribution in [3.05, 3.63) is 41.3 Å². The first-order chi connectivity index (χ1) is 12.2. The Hall–Kier alpha value is -1.67. The number of carbonyl (C=O) groups is 1. The second-order valence-electron chi connectivity index (χ2n) is 6.15. The summed E-state index contributed by atoms with van der Waals surface area (Å²) in [5.74, 6) is -1.45. The molecule has 1 heterocycles. The van der Waals surface area contributed by atoms with Crippen LogP contribution < -0.4 is 5.32 Å². The third-order valence-corrected chi connectivity index (χ3v) is 5.93. The van der Waals surface area contributed by atoms with Crippen LogP contribution in [0.1, 0.15) is 25.3 Å². The zero-order valence-electron chi connectivity index (χ0n) is 15.2. The number of carbonyl (C=O) groups excluding carboxylic acids is 1. The quantitative estimate of drug-likeness (QED) is 0.556. The molecule has 0 saturated carbocycles. The summed E-state index contributed by atoms with van der Waals surface area (Å²) >= 11 is 1.32. The molecule has 1 atom stereocenters. The lowest BCUT2D eigenvalue weighted by Crippen LogP contribution is -2.49. The minimum absolute atomic E-state index is 0.163. The number of hydrogen-bond acceptors (Lipinski definition) is 5. The summed E-state index contributed by atoms with van der Waals surface area (Å²) in [6, 6.07) is 7.05. The Morgan fingerprint density at radius 2 is 1.96 bits per heavy atom. The van der Waals surface area contributed by atoms with Crippen molar-refractivity contribution in [3.63, 3.8) is 0 Å². The van der Waals surface area contributed by atoms with Gasteiger partial charge in [-0.3, -0.25) is 9.69 Å². The number of thioether (sulfide) groups is 1. The molecule has 144 valence electrons. The molecule has 8 heteroatoms. The van der Waals surface area contributed by atoms with E-state index >= 15 is 0 Å². The van der Waals surface area contributed by atoms with Gasteiger partial charge in [0.15, 0.2) is 0 Å². The first-order valence-corrected chi connectivity index (χ1v) is 9.26. The van der Waals surface area contributed by atoms with Gasteiger partial charge in [-0.2, -0.15) is 13.2 Å². The van der Waals surface area contributed by atoms with Gasteiger partial charge in [0.1, 0.15) is 4.87 Å². The summed E-state index contributed by atoms with van der Waals surface area (Å²) in [4.78, 5) is 12.8. The standard InChI is InChI=1S/C18H23F3N2O2S/c1-5-6-11-26-17(23(2)3)12-9-7-8-10-13(12)22-16(25-4)14(17)15(24)18(19,20)21/h7-10,22H,5-6,11H2,1-4H3. The highest BCUT2D eigenvalue weighted by atomic mass is 32.2. The number of ether oxygens (including phenoxy) is 1. The van der Waals surface area contributed by atoms with Crippen LogP contribution in [0.15, 0.2) is 35.7 Å². The molecule has 0 fully saturated rings. The minimum atomic E-state index is -5.00. The van der Waals surface area contributed by atoms with Gasteiger partial charge in [0.2, 0.25) is 5.88 Å². The lowest BCUT2D eigenvalue weighted by Gasteiger charge is -2.45. The van der Waals surface area contributed by atoms with Gasteiger partial charge in [-0.1, -0.05) is 31.5 Å². The molecule has 0 spiro atoms. The smallest absolute Gasteiger partial charge is 0.454 e. The van der Waals surface area contributed by atoms with E-state index in [1.54, 1.807) is 43.3 Å². The number of methoxy groups -OCH3 is 1. The number of rotatable bonds is 7. The number of unbranched alkanes of at least 4 members (excludes halogenated alkanes) is 1. The highest BCUT2D eigenvalue weighted by Gasteiger charge is 2.55. The summed E-state index contributed by atoms with van der Waals surface area (Å²) in [5, 5.41) is 2.85. The van der Waals surface area contributed by atoms with E-state index in [4.69, 9.17) is 4.74 Å². The monoisotopic (exact) mass is 388 g/mol. The molecular weight excluding hydrogens is 365 g/mol. The van der Waals surface area contributed by atoms with Gasteiger partial charge in [0.05, 0.1) is 12.7 Å². The van der Waals surface area contributed by atoms with E-state index in [-0.39, 0.29) is 5.88 Å². The van der Waals surface area contributed by atoms with Crippen molar-refractivity contribution in [1.82, 2.24) is 4.90 Å². The van der Waals surface area contributed by atoms with Crippen molar-refractivity contribution in [2.45, 2.75) is 30.8 Å². The third-order valence-electron chi connectivity index (χ3n) is 4.23. The average molecular weight is 388 g/mol. The fourth-order valence-electron chi connectivity index (χ4n) is 3.02. The molecule has 1 aliphatic heterocycles. The van der Waals surface area contributed by atoms with E-state index < -0.39 is 22.4 Å². The Balaban J connectivity index is 2.76. The summed E-state index contributed by atoms with van der Waals surface area (Å²) < 4.78 is 45.5. The Bertz CT molecular complexity index is 704. The second-order valence-corrected chi connectivity index (χ2v) is 7.43. The number of alkyl halides is 3. The van der Waals surface area contributed by atoms with Crippen LogP contribution in [0.25, 0.3) is 0 Å². The van der Waals surface area contributed by atoms with Crippen molar-refractivity contribution in [2.24, 2.45) is 0 Å². The average Bonchev–Trinajstić information content (AvgIpc) is 2.59. The molecule has 1 unspecified atom stereocenters. The van der Waals surface area contributed by atoms with Crippen LogP contribution in [0.2, 0.25) is 0 Å².